The first-order chi connectivity index (χ1) is 12.3. The zero-order valence-corrected chi connectivity index (χ0v) is 14.8. The van der Waals surface area contributed by atoms with Gasteiger partial charge in [-0.05, 0) is 25.0 Å². The first-order valence-corrected chi connectivity index (χ1v) is 9.05. The zero-order chi connectivity index (χ0) is 17.5. The van der Waals surface area contributed by atoms with Gasteiger partial charge in [-0.2, -0.15) is 0 Å². The highest BCUT2D eigenvalue weighted by Gasteiger charge is 2.24. The van der Waals surface area contributed by atoms with Crippen molar-refractivity contribution in [3.05, 3.63) is 48.3 Å². The number of aromatic nitrogens is 3. The lowest BCUT2D eigenvalue weighted by molar-refractivity contribution is -0.135. The van der Waals surface area contributed by atoms with Crippen LogP contribution in [0.25, 0.3) is 0 Å². The van der Waals surface area contributed by atoms with E-state index in [2.05, 4.69) is 21.5 Å². The van der Waals surface area contributed by atoms with Crippen molar-refractivity contribution in [1.82, 2.24) is 19.4 Å². The number of nitrogens with zero attached hydrogens (tertiary/aromatic N) is 4. The van der Waals surface area contributed by atoms with Crippen molar-refractivity contribution >= 4 is 5.91 Å². The van der Waals surface area contributed by atoms with Crippen LogP contribution >= 0.6 is 0 Å². The third-order valence-electron chi connectivity index (χ3n) is 4.61. The third kappa shape index (κ3) is 4.89. The number of carbonyl (C=O) groups is 1. The number of hydrogen-bond acceptors (Lipinski definition) is 4. The van der Waals surface area contributed by atoms with E-state index in [1.807, 2.05) is 29.3 Å². The second-order valence-electron chi connectivity index (χ2n) is 6.38. The Morgan fingerprint density at radius 3 is 3.04 bits per heavy atom. The minimum Gasteiger partial charge on any atom is -0.370 e. The van der Waals surface area contributed by atoms with E-state index in [-0.39, 0.29) is 12.0 Å². The molecule has 134 valence electrons. The minimum absolute atomic E-state index is 0.0964. The van der Waals surface area contributed by atoms with Crippen LogP contribution in [-0.2, 0) is 29.1 Å². The van der Waals surface area contributed by atoms with Gasteiger partial charge in [0.1, 0.15) is 5.82 Å². The van der Waals surface area contributed by atoms with E-state index < -0.39 is 0 Å². The molecule has 1 atom stereocenters. The molecule has 0 N–H and O–H groups in total. The molecular weight excluding hydrogens is 316 g/mol. The Morgan fingerprint density at radius 2 is 2.24 bits per heavy atom. The first kappa shape index (κ1) is 17.6. The molecule has 1 unspecified atom stereocenters. The lowest BCUT2D eigenvalue weighted by atomic mass is 10.1. The van der Waals surface area contributed by atoms with E-state index in [1.165, 1.54) is 0 Å². The van der Waals surface area contributed by atoms with Gasteiger partial charge in [-0.3, -0.25) is 9.78 Å². The van der Waals surface area contributed by atoms with Crippen LogP contribution in [0.5, 0.6) is 0 Å². The smallest absolute Gasteiger partial charge is 0.224 e. The highest BCUT2D eigenvalue weighted by atomic mass is 16.5. The Bertz CT molecular complexity index is 671. The number of aryl methyl sites for hydroxylation is 2. The minimum atomic E-state index is 0.0964. The van der Waals surface area contributed by atoms with Gasteiger partial charge in [-0.1, -0.05) is 13.0 Å². The van der Waals surface area contributed by atoms with Crippen molar-refractivity contribution in [2.75, 3.05) is 13.1 Å². The Hall–Kier alpha value is -2.21. The first-order valence-electron chi connectivity index (χ1n) is 9.05. The fourth-order valence-corrected chi connectivity index (χ4v) is 3.22. The van der Waals surface area contributed by atoms with E-state index in [9.17, 15) is 4.79 Å². The van der Waals surface area contributed by atoms with Gasteiger partial charge in [-0.15, -0.1) is 0 Å². The molecule has 0 aliphatic carbocycles. The van der Waals surface area contributed by atoms with Crippen molar-refractivity contribution in [2.45, 2.75) is 51.9 Å². The quantitative estimate of drug-likeness (QED) is 0.775. The van der Waals surface area contributed by atoms with Crippen molar-refractivity contribution in [3.8, 4) is 0 Å². The summed E-state index contributed by atoms with van der Waals surface area (Å²) in [6.45, 7) is 4.78. The van der Waals surface area contributed by atoms with Crippen LogP contribution in [0.3, 0.4) is 0 Å². The number of amides is 1. The van der Waals surface area contributed by atoms with Crippen molar-refractivity contribution in [3.63, 3.8) is 0 Å². The van der Waals surface area contributed by atoms with Crippen LogP contribution in [0.4, 0.5) is 0 Å². The van der Waals surface area contributed by atoms with Gasteiger partial charge in [0, 0.05) is 51.1 Å². The molecule has 1 saturated heterocycles. The zero-order valence-electron chi connectivity index (χ0n) is 14.8. The molecule has 25 heavy (non-hydrogen) atoms. The van der Waals surface area contributed by atoms with E-state index >= 15 is 0 Å². The molecule has 1 amide bonds. The number of pyridine rings is 1. The lowest BCUT2D eigenvalue weighted by Gasteiger charge is -2.32. The lowest BCUT2D eigenvalue weighted by Crippen LogP contribution is -2.43. The maximum atomic E-state index is 12.5. The molecule has 6 nitrogen and oxygen atoms in total. The van der Waals surface area contributed by atoms with Gasteiger partial charge in [-0.25, -0.2) is 4.98 Å². The molecule has 1 aliphatic heterocycles. The van der Waals surface area contributed by atoms with E-state index in [4.69, 9.17) is 4.74 Å². The third-order valence-corrected chi connectivity index (χ3v) is 4.61. The number of imidazole rings is 1. The average Bonchev–Trinajstić information content (AvgIpc) is 3.13. The maximum absolute atomic E-state index is 12.5. The summed E-state index contributed by atoms with van der Waals surface area (Å²) in [5, 5.41) is 0. The Labute approximate surface area is 148 Å². The monoisotopic (exact) mass is 342 g/mol. The van der Waals surface area contributed by atoms with Crippen LogP contribution < -0.4 is 0 Å². The number of carbonyl (C=O) groups excluding carboxylic acids is 1. The number of ether oxygens (including phenoxy) is 1. The van der Waals surface area contributed by atoms with Crippen molar-refractivity contribution in [2.24, 2.45) is 0 Å². The second-order valence-corrected chi connectivity index (χ2v) is 6.38. The topological polar surface area (TPSA) is 60.2 Å². The fraction of sp³-hybridized carbons (Fsp3) is 0.526. The maximum Gasteiger partial charge on any atom is 0.224 e. The molecule has 2 aromatic heterocycles. The number of rotatable bonds is 7. The molecule has 6 heteroatoms. The fourth-order valence-electron chi connectivity index (χ4n) is 3.22. The molecule has 2 aromatic rings. The molecule has 0 saturated carbocycles. The second kappa shape index (κ2) is 8.76. The van der Waals surface area contributed by atoms with Crippen LogP contribution in [0.15, 0.2) is 36.8 Å². The number of likely N-dealkylation sites (tertiary alicyclic amines) is 1. The summed E-state index contributed by atoms with van der Waals surface area (Å²) < 4.78 is 8.03. The Kier molecular flexibility index (Phi) is 6.17. The van der Waals surface area contributed by atoms with Gasteiger partial charge >= 0.3 is 0 Å². The predicted molar refractivity (Wildman–Crippen MR) is 94.9 cm³/mol. The van der Waals surface area contributed by atoms with Gasteiger partial charge in [0.25, 0.3) is 0 Å². The normalized spacial score (nSPS) is 17.6. The van der Waals surface area contributed by atoms with Crippen LogP contribution in [0, 0.1) is 0 Å². The summed E-state index contributed by atoms with van der Waals surface area (Å²) in [7, 11) is 0. The number of hydrogen-bond donors (Lipinski definition) is 0. The average molecular weight is 342 g/mol. The van der Waals surface area contributed by atoms with Crippen LogP contribution in [-0.4, -0.2) is 44.5 Å². The van der Waals surface area contributed by atoms with Crippen molar-refractivity contribution in [1.29, 1.82) is 0 Å². The molecule has 0 aromatic carbocycles. The van der Waals surface area contributed by atoms with Gasteiger partial charge in [0.2, 0.25) is 5.91 Å². The van der Waals surface area contributed by atoms with E-state index in [0.717, 1.165) is 37.3 Å². The SMILES string of the molecule is CCc1nccn1CCC(=O)N1CCCC(OCc2ccccn2)C1. The summed E-state index contributed by atoms with van der Waals surface area (Å²) in [4.78, 5) is 23.1. The molecular formula is C19H26N4O2. The van der Waals surface area contributed by atoms with Gasteiger partial charge < -0.3 is 14.2 Å². The Balaban J connectivity index is 1.46. The highest BCUT2D eigenvalue weighted by Crippen LogP contribution is 2.16. The summed E-state index contributed by atoms with van der Waals surface area (Å²) in [6, 6.07) is 5.82. The molecule has 0 bridgehead atoms. The largest absolute Gasteiger partial charge is 0.370 e. The molecule has 3 rings (SSSR count). The standard InChI is InChI=1S/C19H26N4O2/c1-2-18-21-10-13-22(18)12-8-19(24)23-11-5-7-17(14-23)25-15-16-6-3-4-9-20-16/h3-4,6,9-10,13,17H,2,5,7-8,11-12,14-15H2,1H3. The summed E-state index contributed by atoms with van der Waals surface area (Å²) in [5.41, 5.74) is 0.929. The Morgan fingerprint density at radius 1 is 1.32 bits per heavy atom. The molecule has 3 heterocycles. The van der Waals surface area contributed by atoms with E-state index in [0.29, 0.717) is 26.1 Å². The summed E-state index contributed by atoms with van der Waals surface area (Å²) in [6.07, 6.45) is 8.99. The van der Waals surface area contributed by atoms with Crippen LogP contribution in [0.2, 0.25) is 0 Å². The van der Waals surface area contributed by atoms with Gasteiger partial charge in [0.15, 0.2) is 0 Å². The van der Waals surface area contributed by atoms with Gasteiger partial charge in [0.05, 0.1) is 18.4 Å². The predicted octanol–water partition coefficient (Wildman–Crippen LogP) is 2.44. The molecule has 1 fully saturated rings. The van der Waals surface area contributed by atoms with E-state index in [1.54, 1.807) is 12.4 Å². The van der Waals surface area contributed by atoms with Crippen molar-refractivity contribution < 1.29 is 9.53 Å². The summed E-state index contributed by atoms with van der Waals surface area (Å²) >= 11 is 0. The molecule has 0 spiro atoms. The highest BCUT2D eigenvalue weighted by molar-refractivity contribution is 5.76. The molecule has 0 radical (unpaired) electrons. The van der Waals surface area contributed by atoms with Crippen LogP contribution in [0.1, 0.15) is 37.7 Å². The summed E-state index contributed by atoms with van der Waals surface area (Å²) in [5.74, 6) is 1.23. The number of piperidine rings is 1. The molecule has 1 aliphatic rings.